The Morgan fingerprint density at radius 1 is 1.46 bits per heavy atom. The van der Waals surface area contributed by atoms with E-state index in [4.69, 9.17) is 5.11 Å². The maximum absolute atomic E-state index is 8.68. The fourth-order valence-electron chi connectivity index (χ4n) is 0.752. The Hall–Kier alpha value is -0.830. The van der Waals surface area contributed by atoms with Crippen LogP contribution >= 0.6 is 0 Å². The molecule has 0 saturated carbocycles. The molecule has 0 bridgehead atoms. The first-order valence-electron chi connectivity index (χ1n) is 4.64. The predicted octanol–water partition coefficient (Wildman–Crippen LogP) is 1.70. The van der Waals surface area contributed by atoms with Crippen molar-refractivity contribution in [2.24, 2.45) is 16.9 Å². The van der Waals surface area contributed by atoms with Gasteiger partial charge in [0.15, 0.2) is 0 Å². The highest BCUT2D eigenvalue weighted by molar-refractivity contribution is 5.22. The standard InChI is InChI=1S/C10H20N2O/c1-9(2)10(3)5-6-12(11-4)7-8-13/h5-6,9-10,13H,4,7-8H2,1-3H3/b6-5-. The Kier molecular flexibility index (Phi) is 6.24. The Balaban J connectivity index is 3.98. The van der Waals surface area contributed by atoms with Gasteiger partial charge in [-0.15, -0.1) is 0 Å². The zero-order valence-corrected chi connectivity index (χ0v) is 8.77. The summed E-state index contributed by atoms with van der Waals surface area (Å²) in [7, 11) is 0. The summed E-state index contributed by atoms with van der Waals surface area (Å²) in [4.78, 5) is 0. The number of nitrogens with zero attached hydrogens (tertiary/aromatic N) is 2. The molecule has 0 spiro atoms. The molecule has 0 rings (SSSR count). The number of aliphatic hydroxyl groups excluding tert-OH is 1. The summed E-state index contributed by atoms with van der Waals surface area (Å²) in [6, 6.07) is 0. The van der Waals surface area contributed by atoms with Gasteiger partial charge in [-0.1, -0.05) is 26.8 Å². The maximum atomic E-state index is 8.68. The molecule has 1 atom stereocenters. The van der Waals surface area contributed by atoms with E-state index < -0.39 is 0 Å². The molecule has 3 nitrogen and oxygen atoms in total. The van der Waals surface area contributed by atoms with Crippen molar-refractivity contribution >= 4 is 6.72 Å². The monoisotopic (exact) mass is 184 g/mol. The van der Waals surface area contributed by atoms with Crippen LogP contribution < -0.4 is 0 Å². The molecule has 1 N–H and O–H groups in total. The molecule has 0 aliphatic carbocycles. The van der Waals surface area contributed by atoms with Crippen molar-refractivity contribution in [1.82, 2.24) is 5.01 Å². The lowest BCUT2D eigenvalue weighted by Gasteiger charge is -2.14. The van der Waals surface area contributed by atoms with Crippen LogP contribution in [0.4, 0.5) is 0 Å². The van der Waals surface area contributed by atoms with E-state index in [-0.39, 0.29) is 6.61 Å². The molecule has 0 aliphatic rings. The number of hydrogen-bond acceptors (Lipinski definition) is 3. The topological polar surface area (TPSA) is 35.8 Å². The highest BCUT2D eigenvalue weighted by Crippen LogP contribution is 2.11. The highest BCUT2D eigenvalue weighted by atomic mass is 16.3. The van der Waals surface area contributed by atoms with E-state index in [9.17, 15) is 0 Å². The minimum atomic E-state index is 0.0966. The zero-order chi connectivity index (χ0) is 10.3. The Bertz CT molecular complexity index is 166. The van der Waals surface area contributed by atoms with Crippen molar-refractivity contribution < 1.29 is 5.11 Å². The molecule has 0 amide bonds. The zero-order valence-electron chi connectivity index (χ0n) is 8.77. The Morgan fingerprint density at radius 2 is 2.08 bits per heavy atom. The minimum absolute atomic E-state index is 0.0966. The molecule has 0 saturated heterocycles. The van der Waals surface area contributed by atoms with Crippen LogP contribution in [0.15, 0.2) is 17.4 Å². The summed E-state index contributed by atoms with van der Waals surface area (Å²) in [6.45, 7) is 10.5. The molecular formula is C10H20N2O. The van der Waals surface area contributed by atoms with E-state index in [2.05, 4.69) is 38.7 Å². The largest absolute Gasteiger partial charge is 0.394 e. The van der Waals surface area contributed by atoms with Gasteiger partial charge >= 0.3 is 0 Å². The first-order valence-corrected chi connectivity index (χ1v) is 4.64. The van der Waals surface area contributed by atoms with Crippen LogP contribution in [0.3, 0.4) is 0 Å². The SMILES string of the molecule is C=NN(/C=C\C(C)C(C)C)CCO. The summed E-state index contributed by atoms with van der Waals surface area (Å²) in [5, 5.41) is 14.1. The lowest BCUT2D eigenvalue weighted by atomic mass is 9.98. The third kappa shape index (κ3) is 5.42. The van der Waals surface area contributed by atoms with Crippen LogP contribution in [0.2, 0.25) is 0 Å². The highest BCUT2D eigenvalue weighted by Gasteiger charge is 2.02. The summed E-state index contributed by atoms with van der Waals surface area (Å²) in [5.41, 5.74) is 0. The molecule has 0 aliphatic heterocycles. The fourth-order valence-corrected chi connectivity index (χ4v) is 0.752. The van der Waals surface area contributed by atoms with Crippen molar-refractivity contribution in [3.63, 3.8) is 0 Å². The molecule has 1 unspecified atom stereocenters. The van der Waals surface area contributed by atoms with Crippen LogP contribution in [0.1, 0.15) is 20.8 Å². The third-order valence-electron chi connectivity index (χ3n) is 2.12. The van der Waals surface area contributed by atoms with Crippen molar-refractivity contribution in [1.29, 1.82) is 0 Å². The summed E-state index contributed by atoms with van der Waals surface area (Å²) < 4.78 is 0. The molecule has 13 heavy (non-hydrogen) atoms. The number of allylic oxidation sites excluding steroid dienone is 1. The smallest absolute Gasteiger partial charge is 0.0640 e. The predicted molar refractivity (Wildman–Crippen MR) is 56.5 cm³/mol. The first kappa shape index (κ1) is 12.2. The van der Waals surface area contributed by atoms with Gasteiger partial charge in [0.1, 0.15) is 0 Å². The van der Waals surface area contributed by atoms with E-state index in [0.717, 1.165) is 0 Å². The molecule has 0 radical (unpaired) electrons. The van der Waals surface area contributed by atoms with Gasteiger partial charge < -0.3 is 5.11 Å². The molecule has 0 aromatic carbocycles. The van der Waals surface area contributed by atoms with Gasteiger partial charge in [-0.3, -0.25) is 5.01 Å². The van der Waals surface area contributed by atoms with Crippen LogP contribution in [0.25, 0.3) is 0 Å². The fraction of sp³-hybridized carbons (Fsp3) is 0.700. The summed E-state index contributed by atoms with van der Waals surface area (Å²) in [6.07, 6.45) is 3.95. The van der Waals surface area contributed by atoms with Crippen LogP contribution in [0, 0.1) is 11.8 Å². The van der Waals surface area contributed by atoms with Gasteiger partial charge in [-0.2, -0.15) is 5.10 Å². The average molecular weight is 184 g/mol. The van der Waals surface area contributed by atoms with Gasteiger partial charge in [-0.05, 0) is 11.8 Å². The molecule has 76 valence electrons. The second-order valence-electron chi connectivity index (χ2n) is 3.47. The number of hydrogen-bond donors (Lipinski definition) is 1. The lowest BCUT2D eigenvalue weighted by Crippen LogP contribution is -2.14. The van der Waals surface area contributed by atoms with E-state index in [1.165, 1.54) is 0 Å². The number of hydrazone groups is 1. The van der Waals surface area contributed by atoms with Crippen LogP contribution in [0.5, 0.6) is 0 Å². The van der Waals surface area contributed by atoms with E-state index in [1.54, 1.807) is 5.01 Å². The van der Waals surface area contributed by atoms with Crippen molar-refractivity contribution in [2.45, 2.75) is 20.8 Å². The summed E-state index contributed by atoms with van der Waals surface area (Å²) in [5.74, 6) is 1.14. The van der Waals surface area contributed by atoms with Gasteiger partial charge in [-0.25, -0.2) is 0 Å². The minimum Gasteiger partial charge on any atom is -0.394 e. The summed E-state index contributed by atoms with van der Waals surface area (Å²) >= 11 is 0. The van der Waals surface area contributed by atoms with E-state index in [1.807, 2.05) is 6.20 Å². The van der Waals surface area contributed by atoms with Gasteiger partial charge in [0.25, 0.3) is 0 Å². The van der Waals surface area contributed by atoms with Crippen molar-refractivity contribution in [3.8, 4) is 0 Å². The lowest BCUT2D eigenvalue weighted by molar-refractivity contribution is 0.241. The number of aliphatic hydroxyl groups is 1. The van der Waals surface area contributed by atoms with E-state index >= 15 is 0 Å². The Morgan fingerprint density at radius 3 is 2.46 bits per heavy atom. The maximum Gasteiger partial charge on any atom is 0.0640 e. The molecule has 0 fully saturated rings. The van der Waals surface area contributed by atoms with Crippen molar-refractivity contribution in [3.05, 3.63) is 12.3 Å². The Labute approximate surface area is 80.8 Å². The molecular weight excluding hydrogens is 164 g/mol. The van der Waals surface area contributed by atoms with Crippen LogP contribution in [-0.2, 0) is 0 Å². The number of rotatable bonds is 6. The van der Waals surface area contributed by atoms with Crippen LogP contribution in [-0.4, -0.2) is 30.0 Å². The van der Waals surface area contributed by atoms with Gasteiger partial charge in [0.2, 0.25) is 0 Å². The first-order chi connectivity index (χ1) is 6.11. The molecule has 0 aromatic heterocycles. The van der Waals surface area contributed by atoms with E-state index in [0.29, 0.717) is 18.4 Å². The van der Waals surface area contributed by atoms with Crippen molar-refractivity contribution in [2.75, 3.05) is 13.2 Å². The quantitative estimate of drug-likeness (QED) is 0.504. The second-order valence-corrected chi connectivity index (χ2v) is 3.47. The van der Waals surface area contributed by atoms with Gasteiger partial charge in [0.05, 0.1) is 13.2 Å². The van der Waals surface area contributed by atoms with Gasteiger partial charge in [0, 0.05) is 12.9 Å². The third-order valence-corrected chi connectivity index (χ3v) is 2.12. The second kappa shape index (κ2) is 6.66. The average Bonchev–Trinajstić information content (AvgIpc) is 2.11. The molecule has 3 heteroatoms. The molecule has 0 heterocycles. The normalized spacial score (nSPS) is 13.6. The molecule has 0 aromatic rings.